The van der Waals surface area contributed by atoms with Crippen LogP contribution in [0.15, 0.2) is 18.2 Å². The van der Waals surface area contributed by atoms with E-state index in [0.717, 1.165) is 24.0 Å². The minimum absolute atomic E-state index is 0.222. The zero-order valence-corrected chi connectivity index (χ0v) is 9.98. The van der Waals surface area contributed by atoms with Gasteiger partial charge >= 0.3 is 0 Å². The smallest absolute Gasteiger partial charge is 0.221 e. The lowest BCUT2D eigenvalue weighted by atomic mass is 9.81. The molecule has 0 aromatic heterocycles. The van der Waals surface area contributed by atoms with Gasteiger partial charge in [0.1, 0.15) is 5.75 Å². The van der Waals surface area contributed by atoms with Gasteiger partial charge in [-0.25, -0.2) is 0 Å². The summed E-state index contributed by atoms with van der Waals surface area (Å²) in [6.45, 7) is 0. The van der Waals surface area contributed by atoms with Gasteiger partial charge < -0.3 is 10.8 Å². The van der Waals surface area contributed by atoms with E-state index < -0.39 is 0 Å². The van der Waals surface area contributed by atoms with E-state index in [1.54, 1.807) is 12.1 Å². The summed E-state index contributed by atoms with van der Waals surface area (Å²) in [5.41, 5.74) is 7.10. The van der Waals surface area contributed by atoms with Crippen LogP contribution in [0.3, 0.4) is 0 Å². The number of nitrogens with two attached hydrogens (primary N) is 1. The summed E-state index contributed by atoms with van der Waals surface area (Å²) in [5.74, 6) is 0.364. The summed E-state index contributed by atoms with van der Waals surface area (Å²) in [6.07, 6.45) is 6.10. The summed E-state index contributed by atoms with van der Waals surface area (Å²) in [5, 5.41) is 10.0. The van der Waals surface area contributed by atoms with Crippen LogP contribution in [0.1, 0.15) is 49.1 Å². The van der Waals surface area contributed by atoms with Crippen LogP contribution in [0.5, 0.6) is 5.75 Å². The average Bonchev–Trinajstić information content (AvgIpc) is 2.29. The fraction of sp³-hybridized carbons (Fsp3) is 0.500. The number of phenols is 1. The molecule has 0 atom stereocenters. The van der Waals surface area contributed by atoms with Crippen LogP contribution in [-0.2, 0) is 11.2 Å². The SMILES string of the molecule is NC(=O)Cc1cccc(O)c1C1CCCCC1. The van der Waals surface area contributed by atoms with Crippen molar-refractivity contribution in [2.45, 2.75) is 44.4 Å². The molecule has 0 spiro atoms. The minimum atomic E-state index is -0.340. The number of benzene rings is 1. The van der Waals surface area contributed by atoms with E-state index in [1.807, 2.05) is 6.07 Å². The Morgan fingerprint density at radius 1 is 1.29 bits per heavy atom. The fourth-order valence-electron chi connectivity index (χ4n) is 2.80. The van der Waals surface area contributed by atoms with Gasteiger partial charge in [0, 0.05) is 5.56 Å². The van der Waals surface area contributed by atoms with Crippen molar-refractivity contribution in [3.63, 3.8) is 0 Å². The van der Waals surface area contributed by atoms with Gasteiger partial charge in [0.05, 0.1) is 6.42 Å². The molecule has 1 aliphatic rings. The Kier molecular flexibility index (Phi) is 3.67. The van der Waals surface area contributed by atoms with Gasteiger partial charge in [0.2, 0.25) is 5.91 Å². The Morgan fingerprint density at radius 3 is 2.65 bits per heavy atom. The number of hydrogen-bond donors (Lipinski definition) is 2. The normalized spacial score (nSPS) is 16.9. The summed E-state index contributed by atoms with van der Waals surface area (Å²) in [4.78, 5) is 11.1. The first-order valence-corrected chi connectivity index (χ1v) is 6.27. The van der Waals surface area contributed by atoms with Gasteiger partial charge in [0.15, 0.2) is 0 Å². The van der Waals surface area contributed by atoms with Crippen LogP contribution < -0.4 is 5.73 Å². The number of amides is 1. The van der Waals surface area contributed by atoms with E-state index in [4.69, 9.17) is 5.73 Å². The maximum atomic E-state index is 11.1. The molecule has 1 aliphatic carbocycles. The van der Waals surface area contributed by atoms with Crippen molar-refractivity contribution in [3.8, 4) is 5.75 Å². The number of aromatic hydroxyl groups is 1. The zero-order valence-electron chi connectivity index (χ0n) is 9.98. The Hall–Kier alpha value is -1.51. The van der Waals surface area contributed by atoms with Gasteiger partial charge in [-0.3, -0.25) is 4.79 Å². The summed E-state index contributed by atoms with van der Waals surface area (Å²) in [6, 6.07) is 5.38. The second-order valence-corrected chi connectivity index (χ2v) is 4.83. The molecule has 1 fully saturated rings. The van der Waals surface area contributed by atoms with Crippen molar-refractivity contribution in [1.29, 1.82) is 0 Å². The van der Waals surface area contributed by atoms with Crippen molar-refractivity contribution in [1.82, 2.24) is 0 Å². The third kappa shape index (κ3) is 2.78. The lowest BCUT2D eigenvalue weighted by Gasteiger charge is -2.25. The molecule has 0 saturated heterocycles. The molecule has 92 valence electrons. The highest BCUT2D eigenvalue weighted by Gasteiger charge is 2.21. The van der Waals surface area contributed by atoms with E-state index in [2.05, 4.69) is 0 Å². The first-order chi connectivity index (χ1) is 8.18. The average molecular weight is 233 g/mol. The van der Waals surface area contributed by atoms with Gasteiger partial charge in [-0.05, 0) is 30.4 Å². The standard InChI is InChI=1S/C14H19NO2/c15-13(17)9-11-7-4-8-12(16)14(11)10-5-2-1-3-6-10/h4,7-8,10,16H,1-3,5-6,9H2,(H2,15,17). The fourth-order valence-corrected chi connectivity index (χ4v) is 2.80. The van der Waals surface area contributed by atoms with Gasteiger partial charge in [-0.1, -0.05) is 31.4 Å². The van der Waals surface area contributed by atoms with Crippen LogP contribution >= 0.6 is 0 Å². The van der Waals surface area contributed by atoms with Crippen molar-refractivity contribution < 1.29 is 9.90 Å². The first-order valence-electron chi connectivity index (χ1n) is 6.27. The van der Waals surface area contributed by atoms with Gasteiger partial charge in [-0.15, -0.1) is 0 Å². The second-order valence-electron chi connectivity index (χ2n) is 4.83. The molecule has 1 aromatic carbocycles. The number of hydrogen-bond acceptors (Lipinski definition) is 2. The third-order valence-corrected chi connectivity index (χ3v) is 3.55. The Bertz CT molecular complexity index is 409. The van der Waals surface area contributed by atoms with Crippen LogP contribution in [0, 0.1) is 0 Å². The maximum Gasteiger partial charge on any atom is 0.221 e. The van der Waals surface area contributed by atoms with E-state index in [-0.39, 0.29) is 12.3 Å². The molecule has 2 rings (SSSR count). The molecule has 1 saturated carbocycles. The number of carbonyl (C=O) groups is 1. The molecular weight excluding hydrogens is 214 g/mol. The van der Waals surface area contributed by atoms with Crippen LogP contribution in [0.25, 0.3) is 0 Å². The minimum Gasteiger partial charge on any atom is -0.508 e. The van der Waals surface area contributed by atoms with Crippen molar-refractivity contribution in [3.05, 3.63) is 29.3 Å². The number of primary amides is 1. The molecule has 0 aliphatic heterocycles. The largest absolute Gasteiger partial charge is 0.508 e. The molecule has 1 aromatic rings. The summed E-state index contributed by atoms with van der Waals surface area (Å²) in [7, 11) is 0. The molecule has 0 radical (unpaired) electrons. The van der Waals surface area contributed by atoms with Crippen molar-refractivity contribution in [2.75, 3.05) is 0 Å². The molecule has 17 heavy (non-hydrogen) atoms. The van der Waals surface area contributed by atoms with Gasteiger partial charge in [-0.2, -0.15) is 0 Å². The summed E-state index contributed by atoms with van der Waals surface area (Å²) >= 11 is 0. The molecular formula is C14H19NO2. The summed E-state index contributed by atoms with van der Waals surface area (Å²) < 4.78 is 0. The monoisotopic (exact) mass is 233 g/mol. The van der Waals surface area contributed by atoms with E-state index in [0.29, 0.717) is 11.7 Å². The molecule has 0 heterocycles. The topological polar surface area (TPSA) is 63.3 Å². The van der Waals surface area contributed by atoms with Crippen LogP contribution in [0.2, 0.25) is 0 Å². The lowest BCUT2D eigenvalue weighted by molar-refractivity contribution is -0.117. The number of carbonyl (C=O) groups excluding carboxylic acids is 1. The van der Waals surface area contributed by atoms with E-state index in [9.17, 15) is 9.90 Å². The van der Waals surface area contributed by atoms with Crippen LogP contribution in [-0.4, -0.2) is 11.0 Å². The Morgan fingerprint density at radius 2 is 2.00 bits per heavy atom. The molecule has 3 heteroatoms. The molecule has 0 unspecified atom stereocenters. The zero-order chi connectivity index (χ0) is 12.3. The predicted molar refractivity (Wildman–Crippen MR) is 66.8 cm³/mol. The van der Waals surface area contributed by atoms with Crippen molar-refractivity contribution in [2.24, 2.45) is 5.73 Å². The molecule has 1 amide bonds. The molecule has 3 N–H and O–H groups in total. The first kappa shape index (κ1) is 12.0. The molecule has 3 nitrogen and oxygen atoms in total. The highest BCUT2D eigenvalue weighted by molar-refractivity contribution is 5.77. The Balaban J connectivity index is 2.31. The predicted octanol–water partition coefficient (Wildman–Crippen LogP) is 2.47. The maximum absolute atomic E-state index is 11.1. The van der Waals surface area contributed by atoms with E-state index >= 15 is 0 Å². The highest BCUT2D eigenvalue weighted by atomic mass is 16.3. The van der Waals surface area contributed by atoms with Crippen molar-refractivity contribution >= 4 is 5.91 Å². The number of rotatable bonds is 3. The van der Waals surface area contributed by atoms with Gasteiger partial charge in [0.25, 0.3) is 0 Å². The van der Waals surface area contributed by atoms with Crippen LogP contribution in [0.4, 0.5) is 0 Å². The second kappa shape index (κ2) is 5.21. The Labute approximate surface area is 102 Å². The quantitative estimate of drug-likeness (QED) is 0.842. The lowest BCUT2D eigenvalue weighted by Crippen LogP contribution is -2.16. The third-order valence-electron chi connectivity index (χ3n) is 3.55. The highest BCUT2D eigenvalue weighted by Crippen LogP contribution is 2.39. The number of phenolic OH excluding ortho intramolecular Hbond substituents is 1. The van der Waals surface area contributed by atoms with E-state index in [1.165, 1.54) is 19.3 Å². The molecule has 0 bridgehead atoms.